The number of likely N-dealkylation sites (tertiary alicyclic amines) is 1. The van der Waals surface area contributed by atoms with Crippen LogP contribution >= 0.6 is 11.6 Å². The van der Waals surface area contributed by atoms with Crippen LogP contribution in [0.5, 0.6) is 0 Å². The van der Waals surface area contributed by atoms with Gasteiger partial charge in [0.25, 0.3) is 17.4 Å². The Balaban J connectivity index is 1.78. The largest absolute Gasteiger partial charge is 0.471 e. The van der Waals surface area contributed by atoms with Gasteiger partial charge in [-0.25, -0.2) is 9.40 Å². The highest BCUT2D eigenvalue weighted by molar-refractivity contribution is 6.29. The van der Waals surface area contributed by atoms with Crippen LogP contribution in [-0.4, -0.2) is 83.0 Å². The second kappa shape index (κ2) is 10.5. The van der Waals surface area contributed by atoms with Crippen LogP contribution in [0.15, 0.2) is 0 Å². The standard InChI is InChI=1S/C20H26ClF4N5O5/c1-9(27-19(35)20(23,24)25)17(33)29-7-10-3-2-4-12(10)13(29)16(32)28-30(18(34)14(21)22)8-11-5-6-26-15(11)31/h9-14H,2-8H2,1H3,(H,26,31)(H,27,35)(H,28,32)/t9?,10-,11-,12-,13-,14?/m0/s1. The molecule has 3 aliphatic rings. The SMILES string of the molecule is CC(NC(=O)C(F)(F)F)C(=O)N1C[C@@H]2CCC[C@@H]2[C@H]1C(=O)NN(C[C@@H]1CCNC1=O)C(=O)C(F)Cl. The molecule has 196 valence electrons. The quantitative estimate of drug-likeness (QED) is 0.258. The first-order chi connectivity index (χ1) is 16.3. The first-order valence-corrected chi connectivity index (χ1v) is 11.6. The van der Waals surface area contributed by atoms with Gasteiger partial charge in [0.2, 0.25) is 11.8 Å². The molecule has 2 unspecified atom stereocenters. The van der Waals surface area contributed by atoms with E-state index in [0.29, 0.717) is 30.8 Å². The molecule has 10 nitrogen and oxygen atoms in total. The molecule has 0 spiro atoms. The van der Waals surface area contributed by atoms with E-state index in [-0.39, 0.29) is 30.8 Å². The van der Waals surface area contributed by atoms with E-state index in [0.717, 1.165) is 18.2 Å². The predicted octanol–water partition coefficient (Wildman–Crippen LogP) is 0.211. The minimum absolute atomic E-state index is 0.0774. The van der Waals surface area contributed by atoms with Gasteiger partial charge in [0, 0.05) is 13.1 Å². The van der Waals surface area contributed by atoms with Crippen LogP contribution in [0.2, 0.25) is 0 Å². The third-order valence-corrected chi connectivity index (χ3v) is 6.87. The van der Waals surface area contributed by atoms with Crippen LogP contribution in [0, 0.1) is 17.8 Å². The molecule has 2 saturated heterocycles. The van der Waals surface area contributed by atoms with Crippen molar-refractivity contribution in [1.82, 2.24) is 26.0 Å². The van der Waals surface area contributed by atoms with E-state index >= 15 is 0 Å². The third-order valence-electron chi connectivity index (χ3n) is 6.68. The Labute approximate surface area is 203 Å². The van der Waals surface area contributed by atoms with Crippen molar-refractivity contribution in [2.24, 2.45) is 17.8 Å². The van der Waals surface area contributed by atoms with E-state index in [4.69, 9.17) is 11.6 Å². The van der Waals surface area contributed by atoms with Gasteiger partial charge in [0.05, 0.1) is 12.5 Å². The normalized spacial score (nSPS) is 27.6. The van der Waals surface area contributed by atoms with Crippen LogP contribution in [0.1, 0.15) is 32.6 Å². The summed E-state index contributed by atoms with van der Waals surface area (Å²) in [6.07, 6.45) is -2.85. The van der Waals surface area contributed by atoms with Crippen LogP contribution in [0.25, 0.3) is 0 Å². The Morgan fingerprint density at radius 2 is 1.91 bits per heavy atom. The summed E-state index contributed by atoms with van der Waals surface area (Å²) in [5, 5.41) is 4.75. The lowest BCUT2D eigenvalue weighted by molar-refractivity contribution is -0.175. The highest BCUT2D eigenvalue weighted by Crippen LogP contribution is 2.42. The Kier molecular flexibility index (Phi) is 8.12. The topological polar surface area (TPSA) is 128 Å². The van der Waals surface area contributed by atoms with Gasteiger partial charge in [-0.2, -0.15) is 13.2 Å². The van der Waals surface area contributed by atoms with Gasteiger partial charge in [-0.1, -0.05) is 18.0 Å². The van der Waals surface area contributed by atoms with Crippen LogP contribution in [-0.2, 0) is 24.0 Å². The molecule has 3 rings (SSSR count). The molecule has 5 amide bonds. The van der Waals surface area contributed by atoms with Gasteiger partial charge in [0.1, 0.15) is 12.1 Å². The Morgan fingerprint density at radius 1 is 1.23 bits per heavy atom. The molecule has 0 radical (unpaired) electrons. The van der Waals surface area contributed by atoms with Crippen LogP contribution in [0.3, 0.4) is 0 Å². The number of hydrogen-bond acceptors (Lipinski definition) is 5. The van der Waals surface area contributed by atoms with Crippen molar-refractivity contribution in [2.75, 3.05) is 19.6 Å². The summed E-state index contributed by atoms with van der Waals surface area (Å²) in [4.78, 5) is 62.8. The molecule has 6 atom stereocenters. The van der Waals surface area contributed by atoms with Gasteiger partial charge in [-0.15, -0.1) is 0 Å². The molecule has 1 saturated carbocycles. The third kappa shape index (κ3) is 5.96. The monoisotopic (exact) mass is 527 g/mol. The van der Waals surface area contributed by atoms with E-state index in [1.54, 1.807) is 5.32 Å². The number of fused-ring (bicyclic) bond motifs is 1. The minimum atomic E-state index is -5.19. The number of alkyl halides is 5. The van der Waals surface area contributed by atoms with Gasteiger partial charge < -0.3 is 15.5 Å². The number of carbonyl (C=O) groups excluding carboxylic acids is 5. The van der Waals surface area contributed by atoms with E-state index in [9.17, 15) is 41.5 Å². The fourth-order valence-corrected chi connectivity index (χ4v) is 5.12. The molecule has 3 fully saturated rings. The highest BCUT2D eigenvalue weighted by Gasteiger charge is 2.51. The molecular weight excluding hydrogens is 502 g/mol. The van der Waals surface area contributed by atoms with Gasteiger partial charge in [-0.3, -0.25) is 29.4 Å². The van der Waals surface area contributed by atoms with Crippen molar-refractivity contribution in [3.63, 3.8) is 0 Å². The first-order valence-electron chi connectivity index (χ1n) is 11.2. The van der Waals surface area contributed by atoms with Crippen molar-refractivity contribution < 1.29 is 41.5 Å². The number of carbonyl (C=O) groups is 5. The average molecular weight is 528 g/mol. The van der Waals surface area contributed by atoms with Gasteiger partial charge >= 0.3 is 12.1 Å². The van der Waals surface area contributed by atoms with E-state index < -0.39 is 53.4 Å². The lowest BCUT2D eigenvalue weighted by Gasteiger charge is -2.32. The van der Waals surface area contributed by atoms with E-state index in [1.807, 2.05) is 0 Å². The number of halogens is 5. The highest BCUT2D eigenvalue weighted by atomic mass is 35.5. The minimum Gasteiger partial charge on any atom is -0.356 e. The molecule has 3 N–H and O–H groups in total. The summed E-state index contributed by atoms with van der Waals surface area (Å²) in [6.45, 7) is 1.14. The Morgan fingerprint density at radius 3 is 2.49 bits per heavy atom. The van der Waals surface area contributed by atoms with Crippen LogP contribution < -0.4 is 16.1 Å². The van der Waals surface area contributed by atoms with Crippen molar-refractivity contribution in [1.29, 1.82) is 0 Å². The van der Waals surface area contributed by atoms with Crippen molar-refractivity contribution >= 4 is 41.1 Å². The van der Waals surface area contributed by atoms with Gasteiger partial charge in [0.15, 0.2) is 0 Å². The summed E-state index contributed by atoms with van der Waals surface area (Å²) in [7, 11) is 0. The average Bonchev–Trinajstić information content (AvgIpc) is 3.47. The molecule has 2 aliphatic heterocycles. The Bertz CT molecular complexity index is 888. The summed E-state index contributed by atoms with van der Waals surface area (Å²) >= 11 is 5.28. The molecule has 0 bridgehead atoms. The molecule has 35 heavy (non-hydrogen) atoms. The first kappa shape index (κ1) is 27.0. The lowest BCUT2D eigenvalue weighted by atomic mass is 9.93. The molecule has 2 heterocycles. The number of rotatable bonds is 6. The Hall–Kier alpha value is -2.64. The zero-order valence-corrected chi connectivity index (χ0v) is 19.5. The number of hydrogen-bond donors (Lipinski definition) is 3. The number of nitrogens with one attached hydrogen (secondary N) is 3. The summed E-state index contributed by atoms with van der Waals surface area (Å²) in [6, 6.07) is -2.74. The zero-order chi connectivity index (χ0) is 26.1. The summed E-state index contributed by atoms with van der Waals surface area (Å²) in [5.74, 6) is -6.89. The number of hydrazine groups is 1. The lowest BCUT2D eigenvalue weighted by Crippen LogP contribution is -2.59. The molecule has 1 aliphatic carbocycles. The molecule has 0 aromatic heterocycles. The summed E-state index contributed by atoms with van der Waals surface area (Å²) in [5.41, 5.74) is -0.234. The second-order valence-corrected chi connectivity index (χ2v) is 9.37. The zero-order valence-electron chi connectivity index (χ0n) is 18.7. The van der Waals surface area contributed by atoms with Crippen molar-refractivity contribution in [3.05, 3.63) is 0 Å². The van der Waals surface area contributed by atoms with Crippen molar-refractivity contribution in [2.45, 2.75) is 56.5 Å². The van der Waals surface area contributed by atoms with E-state index in [2.05, 4.69) is 10.7 Å². The molecule has 0 aromatic rings. The fraction of sp³-hybridized carbons (Fsp3) is 0.750. The van der Waals surface area contributed by atoms with Gasteiger partial charge in [-0.05, 0) is 38.0 Å². The van der Waals surface area contributed by atoms with Crippen LogP contribution in [0.4, 0.5) is 17.6 Å². The number of nitrogens with zero attached hydrogens (tertiary/aromatic N) is 2. The van der Waals surface area contributed by atoms with Crippen molar-refractivity contribution in [3.8, 4) is 0 Å². The maximum Gasteiger partial charge on any atom is 0.471 e. The fourth-order valence-electron chi connectivity index (χ4n) is 5.00. The smallest absolute Gasteiger partial charge is 0.356 e. The predicted molar refractivity (Wildman–Crippen MR) is 112 cm³/mol. The number of amides is 5. The maximum atomic E-state index is 13.6. The second-order valence-electron chi connectivity index (χ2n) is 8.99. The summed E-state index contributed by atoms with van der Waals surface area (Å²) < 4.78 is 51.5. The maximum absolute atomic E-state index is 13.6. The van der Waals surface area contributed by atoms with E-state index in [1.165, 1.54) is 0 Å². The molecule has 15 heteroatoms. The molecular formula is C20H26ClF4N5O5. The molecule has 0 aromatic carbocycles.